The fourth-order valence-corrected chi connectivity index (χ4v) is 3.43. The second-order valence-electron chi connectivity index (χ2n) is 5.23. The highest BCUT2D eigenvalue weighted by Crippen LogP contribution is 2.24. The van der Waals surface area contributed by atoms with Crippen LogP contribution in [0.25, 0.3) is 0 Å². The molecule has 0 aromatic rings. The van der Waals surface area contributed by atoms with Crippen molar-refractivity contribution in [2.24, 2.45) is 0 Å². The summed E-state index contributed by atoms with van der Waals surface area (Å²) in [5.74, 6) is 0. The summed E-state index contributed by atoms with van der Waals surface area (Å²) in [7, 11) is -3.03. The fraction of sp³-hybridized carbons (Fsp3) is 1.00. The van der Waals surface area contributed by atoms with Crippen molar-refractivity contribution in [2.45, 2.75) is 63.1 Å². The van der Waals surface area contributed by atoms with Crippen LogP contribution < -0.4 is 10.0 Å². The van der Waals surface area contributed by atoms with Crippen molar-refractivity contribution >= 4 is 10.0 Å². The van der Waals surface area contributed by atoms with Crippen LogP contribution in [0.15, 0.2) is 0 Å². The van der Waals surface area contributed by atoms with Crippen LogP contribution in [-0.2, 0) is 10.0 Å². The molecule has 2 rings (SSSR count). The summed E-state index contributed by atoms with van der Waals surface area (Å²) in [6.45, 7) is 0. The molecule has 0 atom stereocenters. The lowest BCUT2D eigenvalue weighted by Gasteiger charge is -2.35. The summed E-state index contributed by atoms with van der Waals surface area (Å²) in [4.78, 5) is 0. The first-order chi connectivity index (χ1) is 7.53. The number of hydrogen-bond acceptors (Lipinski definition) is 3. The largest absolute Gasteiger partial charge is 0.311 e. The minimum absolute atomic E-state index is 0.162. The molecule has 0 aromatic heterocycles. The third-order valence-corrected chi connectivity index (χ3v) is 4.45. The molecule has 5 heteroatoms. The molecule has 0 aliphatic heterocycles. The van der Waals surface area contributed by atoms with Gasteiger partial charge in [-0.3, -0.25) is 0 Å². The molecule has 0 heterocycles. The number of hydrogen-bond donors (Lipinski definition) is 2. The molecule has 2 aliphatic rings. The van der Waals surface area contributed by atoms with Crippen LogP contribution in [0.2, 0.25) is 0 Å². The normalized spacial score (nSPS) is 32.3. The van der Waals surface area contributed by atoms with Gasteiger partial charge in [0, 0.05) is 18.1 Å². The molecule has 0 unspecified atom stereocenters. The topological polar surface area (TPSA) is 58.2 Å². The maximum absolute atomic E-state index is 11.1. The molecular formula is C11H22N2O2S. The van der Waals surface area contributed by atoms with Gasteiger partial charge in [0.25, 0.3) is 0 Å². The van der Waals surface area contributed by atoms with Gasteiger partial charge in [0.1, 0.15) is 0 Å². The van der Waals surface area contributed by atoms with Gasteiger partial charge >= 0.3 is 0 Å². The summed E-state index contributed by atoms with van der Waals surface area (Å²) in [5.41, 5.74) is 0. The van der Waals surface area contributed by atoms with Crippen molar-refractivity contribution in [3.63, 3.8) is 0 Å². The Morgan fingerprint density at radius 2 is 1.38 bits per heavy atom. The average Bonchev–Trinajstić information content (AvgIpc) is 2.11. The molecule has 2 N–H and O–H groups in total. The van der Waals surface area contributed by atoms with Crippen LogP contribution in [0.1, 0.15) is 44.9 Å². The summed E-state index contributed by atoms with van der Waals surface area (Å²) in [6, 6.07) is 1.52. The Hall–Kier alpha value is -0.130. The van der Waals surface area contributed by atoms with Crippen LogP contribution in [0, 0.1) is 0 Å². The molecule has 0 amide bonds. The van der Waals surface area contributed by atoms with E-state index in [1.165, 1.54) is 25.5 Å². The highest BCUT2D eigenvalue weighted by Gasteiger charge is 2.26. The predicted octanol–water partition coefficient (Wildman–Crippen LogP) is 0.989. The van der Waals surface area contributed by atoms with Gasteiger partial charge in [0.15, 0.2) is 0 Å². The van der Waals surface area contributed by atoms with Gasteiger partial charge in [-0.1, -0.05) is 6.42 Å². The summed E-state index contributed by atoms with van der Waals surface area (Å²) in [6.07, 6.45) is 9.39. The van der Waals surface area contributed by atoms with E-state index in [0.29, 0.717) is 6.04 Å². The van der Waals surface area contributed by atoms with E-state index in [4.69, 9.17) is 0 Å². The molecule has 2 aliphatic carbocycles. The Kier molecular flexibility index (Phi) is 3.87. The van der Waals surface area contributed by atoms with Crippen LogP contribution in [0.5, 0.6) is 0 Å². The Morgan fingerprint density at radius 3 is 1.81 bits per heavy atom. The Bertz CT molecular complexity index is 317. The van der Waals surface area contributed by atoms with E-state index >= 15 is 0 Å². The zero-order valence-electron chi connectivity index (χ0n) is 9.91. The molecule has 16 heavy (non-hydrogen) atoms. The van der Waals surface area contributed by atoms with Crippen molar-refractivity contribution in [3.8, 4) is 0 Å². The molecule has 0 saturated heterocycles. The van der Waals surface area contributed by atoms with Crippen LogP contribution >= 0.6 is 0 Å². The SMILES string of the molecule is CS(=O)(=O)NC1CCC(NC2CCC2)CC1. The van der Waals surface area contributed by atoms with E-state index < -0.39 is 10.0 Å². The molecule has 2 fully saturated rings. The monoisotopic (exact) mass is 246 g/mol. The van der Waals surface area contributed by atoms with Crippen molar-refractivity contribution in [2.75, 3.05) is 6.26 Å². The molecule has 2 saturated carbocycles. The zero-order chi connectivity index (χ0) is 11.6. The number of rotatable bonds is 4. The number of sulfonamides is 1. The lowest BCUT2D eigenvalue weighted by molar-refractivity contribution is 0.252. The first kappa shape index (κ1) is 12.3. The molecule has 4 nitrogen and oxygen atoms in total. The van der Waals surface area contributed by atoms with Gasteiger partial charge in [0.2, 0.25) is 10.0 Å². The van der Waals surface area contributed by atoms with Crippen molar-refractivity contribution in [1.29, 1.82) is 0 Å². The van der Waals surface area contributed by atoms with E-state index in [1.54, 1.807) is 0 Å². The Morgan fingerprint density at radius 1 is 0.875 bits per heavy atom. The second-order valence-corrected chi connectivity index (χ2v) is 7.01. The van der Waals surface area contributed by atoms with E-state index in [2.05, 4.69) is 10.0 Å². The molecule has 0 radical (unpaired) electrons. The second kappa shape index (κ2) is 5.02. The van der Waals surface area contributed by atoms with Gasteiger partial charge in [-0.15, -0.1) is 0 Å². The van der Waals surface area contributed by atoms with E-state index in [0.717, 1.165) is 31.7 Å². The lowest BCUT2D eigenvalue weighted by Crippen LogP contribution is -2.46. The molecule has 0 spiro atoms. The Balaban J connectivity index is 1.69. The maximum Gasteiger partial charge on any atom is 0.208 e. The van der Waals surface area contributed by atoms with Crippen LogP contribution in [-0.4, -0.2) is 32.8 Å². The van der Waals surface area contributed by atoms with Crippen molar-refractivity contribution < 1.29 is 8.42 Å². The minimum Gasteiger partial charge on any atom is -0.311 e. The van der Waals surface area contributed by atoms with Gasteiger partial charge in [-0.25, -0.2) is 13.1 Å². The summed E-state index contributed by atoms with van der Waals surface area (Å²) >= 11 is 0. The van der Waals surface area contributed by atoms with Gasteiger partial charge < -0.3 is 5.32 Å². The molecular weight excluding hydrogens is 224 g/mol. The van der Waals surface area contributed by atoms with Crippen molar-refractivity contribution in [3.05, 3.63) is 0 Å². The van der Waals surface area contributed by atoms with E-state index in [-0.39, 0.29) is 6.04 Å². The predicted molar refractivity (Wildman–Crippen MR) is 64.8 cm³/mol. The third-order valence-electron chi connectivity index (χ3n) is 3.68. The summed E-state index contributed by atoms with van der Waals surface area (Å²) in [5, 5.41) is 3.66. The number of nitrogens with one attached hydrogen (secondary N) is 2. The first-order valence-electron chi connectivity index (χ1n) is 6.26. The first-order valence-corrected chi connectivity index (χ1v) is 8.15. The molecule has 0 bridgehead atoms. The zero-order valence-corrected chi connectivity index (χ0v) is 10.7. The van der Waals surface area contributed by atoms with Gasteiger partial charge in [-0.2, -0.15) is 0 Å². The minimum atomic E-state index is -3.03. The highest BCUT2D eigenvalue weighted by atomic mass is 32.2. The van der Waals surface area contributed by atoms with E-state index in [1.807, 2.05) is 0 Å². The average molecular weight is 246 g/mol. The van der Waals surface area contributed by atoms with Crippen molar-refractivity contribution in [1.82, 2.24) is 10.0 Å². The maximum atomic E-state index is 11.1. The fourth-order valence-electron chi connectivity index (χ4n) is 2.59. The molecule has 94 valence electrons. The van der Waals surface area contributed by atoms with Gasteiger partial charge in [-0.05, 0) is 38.5 Å². The third kappa shape index (κ3) is 3.71. The summed E-state index contributed by atoms with van der Waals surface area (Å²) < 4.78 is 24.9. The van der Waals surface area contributed by atoms with Gasteiger partial charge in [0.05, 0.1) is 6.26 Å². The highest BCUT2D eigenvalue weighted by molar-refractivity contribution is 7.88. The lowest BCUT2D eigenvalue weighted by atomic mass is 9.87. The quantitative estimate of drug-likeness (QED) is 0.777. The standard InChI is InChI=1S/C11H22N2O2S/c1-16(14,15)13-11-7-5-10(6-8-11)12-9-3-2-4-9/h9-13H,2-8H2,1H3. The Labute approximate surface area is 98.2 Å². The smallest absolute Gasteiger partial charge is 0.208 e. The van der Waals surface area contributed by atoms with Crippen LogP contribution in [0.3, 0.4) is 0 Å². The van der Waals surface area contributed by atoms with E-state index in [9.17, 15) is 8.42 Å². The van der Waals surface area contributed by atoms with Crippen LogP contribution in [0.4, 0.5) is 0 Å². The molecule has 0 aromatic carbocycles.